The molecule has 0 saturated heterocycles. The summed E-state index contributed by atoms with van der Waals surface area (Å²) in [7, 11) is 0. The van der Waals surface area contributed by atoms with Gasteiger partial charge in [-0.25, -0.2) is 14.4 Å². The summed E-state index contributed by atoms with van der Waals surface area (Å²) in [5.74, 6) is -2.47. The van der Waals surface area contributed by atoms with E-state index in [9.17, 15) is 24.0 Å². The average Bonchev–Trinajstić information content (AvgIpc) is 3.02. The molecule has 294 valence electrons. The quantitative estimate of drug-likeness (QED) is 0.0359. The van der Waals surface area contributed by atoms with E-state index in [0.717, 1.165) is 11.1 Å². The molecule has 0 radical (unpaired) electrons. The molecule has 1 rings (SSSR count). The fourth-order valence-electron chi connectivity index (χ4n) is 4.64. The summed E-state index contributed by atoms with van der Waals surface area (Å²) in [5.41, 5.74) is 7.75. The SMILES string of the molecule is CC(C)CC(NC(=O)C(C)(C)C(C)NC(=O)CNC(=O)OC(C)(C)C)C(=O)O[C@@H](C/C=C/C(=O)OC(C)(C)C)[C@H](C)/C=C/c1ccc(CN=[N+]=[N-])cc1. The van der Waals surface area contributed by atoms with Crippen LogP contribution in [0.2, 0.25) is 0 Å². The molecule has 0 bridgehead atoms. The van der Waals surface area contributed by atoms with Gasteiger partial charge < -0.3 is 30.2 Å². The zero-order valence-corrected chi connectivity index (χ0v) is 33.4. The molecule has 4 atom stereocenters. The first-order valence-electron chi connectivity index (χ1n) is 17.9. The van der Waals surface area contributed by atoms with Crippen LogP contribution in [0.3, 0.4) is 0 Å². The minimum absolute atomic E-state index is 0.0108. The van der Waals surface area contributed by atoms with E-state index in [1.807, 2.05) is 57.2 Å². The van der Waals surface area contributed by atoms with Gasteiger partial charge in [0.25, 0.3) is 0 Å². The van der Waals surface area contributed by atoms with Gasteiger partial charge in [-0.15, -0.1) is 0 Å². The van der Waals surface area contributed by atoms with E-state index in [1.54, 1.807) is 68.4 Å². The number of nitrogens with zero attached hydrogens (tertiary/aromatic N) is 3. The summed E-state index contributed by atoms with van der Waals surface area (Å²) in [6.07, 6.45) is 5.70. The summed E-state index contributed by atoms with van der Waals surface area (Å²) >= 11 is 0. The summed E-state index contributed by atoms with van der Waals surface area (Å²) in [6.45, 7) is 21.0. The van der Waals surface area contributed by atoms with Crippen molar-refractivity contribution in [1.82, 2.24) is 16.0 Å². The normalized spacial score (nSPS) is 14.4. The van der Waals surface area contributed by atoms with Crippen molar-refractivity contribution in [2.75, 3.05) is 6.54 Å². The van der Waals surface area contributed by atoms with Crippen LogP contribution in [0.5, 0.6) is 0 Å². The van der Waals surface area contributed by atoms with Crippen molar-refractivity contribution < 1.29 is 38.2 Å². The second-order valence-corrected chi connectivity index (χ2v) is 16.0. The van der Waals surface area contributed by atoms with Gasteiger partial charge in [-0.05, 0) is 91.3 Å². The minimum Gasteiger partial charge on any atom is -0.460 e. The lowest BCUT2D eigenvalue weighted by Crippen LogP contribution is -2.56. The van der Waals surface area contributed by atoms with E-state index in [0.29, 0.717) is 0 Å². The molecule has 0 aliphatic carbocycles. The van der Waals surface area contributed by atoms with E-state index >= 15 is 0 Å². The van der Waals surface area contributed by atoms with Crippen molar-refractivity contribution in [1.29, 1.82) is 0 Å². The highest BCUT2D eigenvalue weighted by atomic mass is 16.6. The molecule has 0 heterocycles. The van der Waals surface area contributed by atoms with Crippen LogP contribution in [-0.4, -0.2) is 65.8 Å². The fraction of sp³-hybridized carbons (Fsp3) is 0.615. The molecule has 2 unspecified atom stereocenters. The number of amides is 3. The number of nitrogens with one attached hydrogen (secondary N) is 3. The molecule has 1 aromatic carbocycles. The molecule has 14 heteroatoms. The Hall–Kier alpha value is -4.84. The van der Waals surface area contributed by atoms with Gasteiger partial charge >= 0.3 is 18.0 Å². The summed E-state index contributed by atoms with van der Waals surface area (Å²) in [5, 5.41) is 11.6. The molecule has 3 amide bonds. The Labute approximate surface area is 314 Å². The predicted octanol–water partition coefficient (Wildman–Crippen LogP) is 6.93. The van der Waals surface area contributed by atoms with Crippen LogP contribution in [0.1, 0.15) is 107 Å². The maximum Gasteiger partial charge on any atom is 0.408 e. The number of benzene rings is 1. The van der Waals surface area contributed by atoms with Crippen LogP contribution in [-0.2, 0) is 39.9 Å². The number of azide groups is 1. The maximum atomic E-state index is 13.8. The molecule has 0 aromatic heterocycles. The first-order valence-corrected chi connectivity index (χ1v) is 17.9. The summed E-state index contributed by atoms with van der Waals surface area (Å²) in [6, 6.07) is 5.78. The third-order valence-corrected chi connectivity index (χ3v) is 7.91. The third-order valence-electron chi connectivity index (χ3n) is 7.91. The third kappa shape index (κ3) is 19.0. The molecular weight excluding hydrogens is 680 g/mol. The van der Waals surface area contributed by atoms with Gasteiger partial charge in [0.15, 0.2) is 0 Å². The molecule has 3 N–H and O–H groups in total. The molecule has 0 aliphatic rings. The molecule has 0 saturated carbocycles. The second kappa shape index (κ2) is 21.0. The smallest absolute Gasteiger partial charge is 0.408 e. The van der Waals surface area contributed by atoms with Crippen molar-refractivity contribution in [3.8, 4) is 0 Å². The van der Waals surface area contributed by atoms with Gasteiger partial charge in [-0.3, -0.25) is 9.59 Å². The Bertz CT molecular complexity index is 1500. The number of hydrogen-bond donors (Lipinski definition) is 3. The van der Waals surface area contributed by atoms with E-state index in [2.05, 4.69) is 26.0 Å². The van der Waals surface area contributed by atoms with Crippen molar-refractivity contribution in [2.45, 2.75) is 132 Å². The molecule has 0 aliphatic heterocycles. The molecule has 0 fully saturated rings. The van der Waals surface area contributed by atoms with Crippen LogP contribution in [0, 0.1) is 17.3 Å². The number of hydrogen-bond acceptors (Lipinski definition) is 9. The monoisotopic (exact) mass is 740 g/mol. The van der Waals surface area contributed by atoms with Crippen LogP contribution >= 0.6 is 0 Å². The fourth-order valence-corrected chi connectivity index (χ4v) is 4.64. The Morgan fingerprint density at radius 2 is 1.49 bits per heavy atom. The van der Waals surface area contributed by atoms with Gasteiger partial charge in [0.1, 0.15) is 29.9 Å². The zero-order valence-electron chi connectivity index (χ0n) is 33.4. The Morgan fingerprint density at radius 3 is 2.04 bits per heavy atom. The number of alkyl carbamates (subject to hydrolysis) is 1. The standard InChI is InChI=1S/C39H60N6O8/c1-25(2)22-30(44-35(49)39(11,12)27(4)43-32(46)24-41-36(50)53-38(8,9)10)34(48)51-31(14-13-15-33(47)52-37(5,6)7)26(3)16-17-28-18-20-29(21-19-28)23-42-45-40/h13,15-21,25-27,30-31H,14,22-24H2,1-12H3,(H,41,50)(H,43,46)(H,44,49)/b15-13+,17-16+/t26-,27?,30?,31+/m1/s1. The highest BCUT2D eigenvalue weighted by molar-refractivity contribution is 5.89. The minimum atomic E-state index is -1.17. The number of carbonyl (C=O) groups excluding carboxylic acids is 5. The number of rotatable bonds is 18. The average molecular weight is 741 g/mol. The topological polar surface area (TPSA) is 198 Å². The van der Waals surface area contributed by atoms with Gasteiger partial charge in [0.2, 0.25) is 11.8 Å². The van der Waals surface area contributed by atoms with Gasteiger partial charge in [-0.2, -0.15) is 0 Å². The van der Waals surface area contributed by atoms with Crippen molar-refractivity contribution >= 4 is 35.9 Å². The van der Waals surface area contributed by atoms with E-state index < -0.39 is 64.7 Å². The first-order chi connectivity index (χ1) is 24.4. The van der Waals surface area contributed by atoms with Gasteiger partial charge in [0, 0.05) is 29.4 Å². The number of esters is 2. The van der Waals surface area contributed by atoms with Crippen LogP contribution < -0.4 is 16.0 Å². The largest absolute Gasteiger partial charge is 0.460 e. The molecule has 0 spiro atoms. The maximum absolute atomic E-state index is 13.8. The Balaban J connectivity index is 3.17. The van der Waals surface area contributed by atoms with E-state index in [1.165, 1.54) is 6.08 Å². The molecule has 14 nitrogen and oxygen atoms in total. The summed E-state index contributed by atoms with van der Waals surface area (Å²) < 4.78 is 16.6. The molecule has 1 aromatic rings. The number of ether oxygens (including phenoxy) is 3. The van der Waals surface area contributed by atoms with E-state index in [-0.39, 0.29) is 37.8 Å². The Kier molecular flexibility index (Phi) is 18.3. The van der Waals surface area contributed by atoms with Gasteiger partial charge in [-0.1, -0.05) is 68.4 Å². The zero-order chi connectivity index (χ0) is 40.6. The highest BCUT2D eigenvalue weighted by Crippen LogP contribution is 2.23. The van der Waals surface area contributed by atoms with Crippen molar-refractivity contribution in [3.05, 3.63) is 64.1 Å². The van der Waals surface area contributed by atoms with Gasteiger partial charge in [0.05, 0.1) is 12.0 Å². The summed E-state index contributed by atoms with van der Waals surface area (Å²) in [4.78, 5) is 67.2. The van der Waals surface area contributed by atoms with Crippen molar-refractivity contribution in [3.63, 3.8) is 0 Å². The second-order valence-electron chi connectivity index (χ2n) is 16.0. The van der Waals surface area contributed by atoms with E-state index in [4.69, 9.17) is 19.7 Å². The highest BCUT2D eigenvalue weighted by Gasteiger charge is 2.38. The lowest BCUT2D eigenvalue weighted by molar-refractivity contribution is -0.156. The molecule has 53 heavy (non-hydrogen) atoms. The van der Waals surface area contributed by atoms with Crippen LogP contribution in [0.15, 0.2) is 47.6 Å². The molecular formula is C39H60N6O8. The number of carbonyl (C=O) groups is 5. The van der Waals surface area contributed by atoms with Crippen molar-refractivity contribution in [2.24, 2.45) is 22.4 Å². The Morgan fingerprint density at radius 1 is 0.887 bits per heavy atom. The predicted molar refractivity (Wildman–Crippen MR) is 204 cm³/mol. The van der Waals surface area contributed by atoms with Crippen LogP contribution in [0.25, 0.3) is 16.5 Å². The lowest BCUT2D eigenvalue weighted by atomic mass is 9.83. The van der Waals surface area contributed by atoms with Crippen LogP contribution in [0.4, 0.5) is 4.79 Å². The lowest BCUT2D eigenvalue weighted by Gasteiger charge is -2.33. The first kappa shape index (κ1) is 46.2.